The molecule has 1 aromatic heterocycles. The van der Waals surface area contributed by atoms with Gasteiger partial charge in [0.1, 0.15) is 11.2 Å². The number of carboxylic acids is 1. The van der Waals surface area contributed by atoms with Gasteiger partial charge in [0.15, 0.2) is 5.52 Å². The third kappa shape index (κ3) is 1.94. The SMILES string of the molecule is CC1(C(=O)O)CCCN1c1ccc2scnc2c1[N+](=O)[O-]. The molecule has 0 radical (unpaired) electrons. The lowest BCUT2D eigenvalue weighted by atomic mass is 9.98. The number of nitrogens with zero attached hydrogens (tertiary/aromatic N) is 3. The Morgan fingerprint density at radius 2 is 2.33 bits per heavy atom. The van der Waals surface area contributed by atoms with Gasteiger partial charge in [-0.2, -0.15) is 0 Å². The molecule has 0 bridgehead atoms. The van der Waals surface area contributed by atoms with E-state index in [9.17, 15) is 20.0 Å². The maximum atomic E-state index is 11.6. The number of aromatic nitrogens is 1. The monoisotopic (exact) mass is 307 g/mol. The minimum absolute atomic E-state index is 0.108. The van der Waals surface area contributed by atoms with Crippen molar-refractivity contribution in [2.24, 2.45) is 0 Å². The second-order valence-electron chi connectivity index (χ2n) is 5.22. The molecule has 2 heterocycles. The Kier molecular flexibility index (Phi) is 3.05. The van der Waals surface area contributed by atoms with Gasteiger partial charge in [-0.25, -0.2) is 9.78 Å². The van der Waals surface area contributed by atoms with Crippen LogP contribution in [0.5, 0.6) is 0 Å². The first-order valence-corrected chi connectivity index (χ1v) is 7.35. The van der Waals surface area contributed by atoms with E-state index in [0.717, 1.165) is 4.70 Å². The summed E-state index contributed by atoms with van der Waals surface area (Å²) in [4.78, 5) is 28.3. The molecule has 1 aliphatic rings. The summed E-state index contributed by atoms with van der Waals surface area (Å²) < 4.78 is 0.724. The standard InChI is InChI=1S/C13H13N3O4S/c1-13(12(17)18)5-2-6-15(13)8-3-4-9-10(14-7-21-9)11(8)16(19)20/h3-4,7H,2,5-6H2,1H3,(H,17,18). The molecule has 110 valence electrons. The van der Waals surface area contributed by atoms with Gasteiger partial charge in [0, 0.05) is 6.54 Å². The quantitative estimate of drug-likeness (QED) is 0.691. The van der Waals surface area contributed by atoms with Crippen molar-refractivity contribution in [1.29, 1.82) is 0 Å². The fourth-order valence-electron chi connectivity index (χ4n) is 2.88. The number of benzene rings is 1. The maximum absolute atomic E-state index is 11.6. The zero-order valence-corrected chi connectivity index (χ0v) is 12.1. The van der Waals surface area contributed by atoms with Crippen molar-refractivity contribution in [1.82, 2.24) is 4.98 Å². The first-order chi connectivity index (χ1) is 9.95. The Labute approximate surface area is 124 Å². The summed E-state index contributed by atoms with van der Waals surface area (Å²) in [5.41, 5.74) is 0.988. The van der Waals surface area contributed by atoms with Crippen molar-refractivity contribution in [3.8, 4) is 0 Å². The van der Waals surface area contributed by atoms with E-state index >= 15 is 0 Å². The van der Waals surface area contributed by atoms with E-state index < -0.39 is 16.4 Å². The van der Waals surface area contributed by atoms with Crippen LogP contribution in [-0.4, -0.2) is 33.1 Å². The van der Waals surface area contributed by atoms with Crippen molar-refractivity contribution in [2.75, 3.05) is 11.4 Å². The number of nitro groups is 1. The molecular weight excluding hydrogens is 294 g/mol. The molecule has 1 unspecified atom stereocenters. The molecule has 1 aromatic carbocycles. The number of fused-ring (bicyclic) bond motifs is 1. The van der Waals surface area contributed by atoms with Gasteiger partial charge >= 0.3 is 11.7 Å². The second kappa shape index (κ2) is 4.66. The molecule has 21 heavy (non-hydrogen) atoms. The van der Waals surface area contributed by atoms with Gasteiger partial charge in [-0.1, -0.05) is 0 Å². The summed E-state index contributed by atoms with van der Waals surface area (Å²) in [6.45, 7) is 2.09. The van der Waals surface area contributed by atoms with Crippen LogP contribution in [0.3, 0.4) is 0 Å². The lowest BCUT2D eigenvalue weighted by Crippen LogP contribution is -2.48. The topological polar surface area (TPSA) is 96.6 Å². The fraction of sp³-hybridized carbons (Fsp3) is 0.385. The number of thiazole rings is 1. The van der Waals surface area contributed by atoms with Gasteiger partial charge in [-0.3, -0.25) is 10.1 Å². The normalized spacial score (nSPS) is 21.9. The van der Waals surface area contributed by atoms with Crippen molar-refractivity contribution in [3.05, 3.63) is 27.8 Å². The van der Waals surface area contributed by atoms with Crippen LogP contribution >= 0.6 is 11.3 Å². The molecule has 3 rings (SSSR count). The Balaban J connectivity index is 2.22. The van der Waals surface area contributed by atoms with Crippen LogP contribution in [-0.2, 0) is 4.79 Å². The summed E-state index contributed by atoms with van der Waals surface area (Å²) >= 11 is 1.33. The molecule has 0 spiro atoms. The van der Waals surface area contributed by atoms with E-state index in [1.165, 1.54) is 11.3 Å². The van der Waals surface area contributed by atoms with Crippen LogP contribution in [0, 0.1) is 10.1 Å². The number of nitro benzene ring substituents is 1. The van der Waals surface area contributed by atoms with Crippen LogP contribution in [0.4, 0.5) is 11.4 Å². The highest BCUT2D eigenvalue weighted by Gasteiger charge is 2.45. The van der Waals surface area contributed by atoms with Crippen LogP contribution in [0.25, 0.3) is 10.2 Å². The molecule has 8 heteroatoms. The molecule has 0 amide bonds. The van der Waals surface area contributed by atoms with Crippen molar-refractivity contribution >= 4 is 38.9 Å². The van der Waals surface area contributed by atoms with Crippen molar-refractivity contribution in [2.45, 2.75) is 25.3 Å². The average Bonchev–Trinajstić information content (AvgIpc) is 3.03. The predicted molar refractivity (Wildman–Crippen MR) is 78.9 cm³/mol. The summed E-state index contributed by atoms with van der Waals surface area (Å²) in [5, 5.41) is 20.9. The number of anilines is 1. The molecular formula is C13H13N3O4S. The molecule has 1 aliphatic heterocycles. The Morgan fingerprint density at radius 1 is 1.57 bits per heavy atom. The van der Waals surface area contributed by atoms with Crippen LogP contribution in [0.15, 0.2) is 17.6 Å². The van der Waals surface area contributed by atoms with Gasteiger partial charge in [-0.15, -0.1) is 11.3 Å². The number of aliphatic carboxylic acids is 1. The smallest absolute Gasteiger partial charge is 0.329 e. The largest absolute Gasteiger partial charge is 0.480 e. The molecule has 1 N–H and O–H groups in total. The highest BCUT2D eigenvalue weighted by molar-refractivity contribution is 7.16. The second-order valence-corrected chi connectivity index (χ2v) is 6.11. The molecule has 7 nitrogen and oxygen atoms in total. The minimum atomic E-state index is -1.12. The van der Waals surface area contributed by atoms with E-state index in [-0.39, 0.29) is 5.69 Å². The van der Waals surface area contributed by atoms with Gasteiger partial charge in [0.05, 0.1) is 15.1 Å². The number of carboxylic acid groups (broad SMARTS) is 1. The summed E-state index contributed by atoms with van der Waals surface area (Å²) in [6, 6.07) is 3.39. The number of rotatable bonds is 3. The number of carbonyl (C=O) groups is 1. The molecule has 2 aromatic rings. The van der Waals surface area contributed by atoms with Crippen LogP contribution in [0.1, 0.15) is 19.8 Å². The maximum Gasteiger partial charge on any atom is 0.329 e. The Morgan fingerprint density at radius 3 is 3.00 bits per heavy atom. The lowest BCUT2D eigenvalue weighted by molar-refractivity contribution is -0.382. The van der Waals surface area contributed by atoms with Gasteiger partial charge < -0.3 is 10.0 Å². The van der Waals surface area contributed by atoms with E-state index in [2.05, 4.69) is 4.98 Å². The molecule has 1 atom stereocenters. The van der Waals surface area contributed by atoms with E-state index in [1.54, 1.807) is 29.5 Å². The lowest BCUT2D eigenvalue weighted by Gasteiger charge is -2.32. The zero-order chi connectivity index (χ0) is 15.2. The Bertz CT molecular complexity index is 744. The predicted octanol–water partition coefficient (Wildman–Crippen LogP) is 2.65. The minimum Gasteiger partial charge on any atom is -0.480 e. The van der Waals surface area contributed by atoms with E-state index in [4.69, 9.17) is 0 Å². The van der Waals surface area contributed by atoms with E-state index in [1.807, 2.05) is 0 Å². The Hall–Kier alpha value is -2.22. The molecule has 1 saturated heterocycles. The average molecular weight is 307 g/mol. The van der Waals surface area contributed by atoms with Gasteiger partial charge in [0.25, 0.3) is 0 Å². The van der Waals surface area contributed by atoms with E-state index in [0.29, 0.717) is 30.6 Å². The molecule has 0 aliphatic carbocycles. The fourth-order valence-corrected chi connectivity index (χ4v) is 3.56. The third-order valence-electron chi connectivity index (χ3n) is 4.03. The summed E-state index contributed by atoms with van der Waals surface area (Å²) in [6.07, 6.45) is 1.16. The summed E-state index contributed by atoms with van der Waals surface area (Å²) in [5.74, 6) is -0.965. The van der Waals surface area contributed by atoms with Crippen molar-refractivity contribution in [3.63, 3.8) is 0 Å². The first kappa shape index (κ1) is 13.7. The molecule has 1 fully saturated rings. The van der Waals surface area contributed by atoms with Crippen molar-refractivity contribution < 1.29 is 14.8 Å². The third-order valence-corrected chi connectivity index (χ3v) is 4.82. The number of hydrogen-bond acceptors (Lipinski definition) is 6. The first-order valence-electron chi connectivity index (χ1n) is 6.47. The molecule has 0 saturated carbocycles. The summed E-state index contributed by atoms with van der Waals surface area (Å²) in [7, 11) is 0. The number of hydrogen-bond donors (Lipinski definition) is 1. The highest BCUT2D eigenvalue weighted by Crippen LogP contribution is 2.42. The van der Waals surface area contributed by atoms with Crippen LogP contribution in [0.2, 0.25) is 0 Å². The zero-order valence-electron chi connectivity index (χ0n) is 11.3. The van der Waals surface area contributed by atoms with Gasteiger partial charge in [0.2, 0.25) is 0 Å². The van der Waals surface area contributed by atoms with Gasteiger partial charge in [-0.05, 0) is 31.9 Å². The highest BCUT2D eigenvalue weighted by atomic mass is 32.1. The van der Waals surface area contributed by atoms with Crippen LogP contribution < -0.4 is 4.90 Å².